The molecule has 8 nitrogen and oxygen atoms in total. The number of rotatable bonds is 10. The third kappa shape index (κ3) is 8.41. The second kappa shape index (κ2) is 14.3. The van der Waals surface area contributed by atoms with Crippen LogP contribution in [0.2, 0.25) is 0 Å². The highest BCUT2D eigenvalue weighted by Crippen LogP contribution is 2.44. The highest BCUT2D eigenvalue weighted by Gasteiger charge is 2.30. The van der Waals surface area contributed by atoms with Crippen LogP contribution in [-0.4, -0.2) is 46.5 Å². The Bertz CT molecular complexity index is 1240. The van der Waals surface area contributed by atoms with Gasteiger partial charge >= 0.3 is 18.0 Å². The number of alkyl carbamates (subject to hydrolysis) is 1. The Kier molecular flexibility index (Phi) is 10.8. The molecule has 0 aromatic heterocycles. The fraction of sp³-hybridized carbons (Fsp3) is 0.344. The Morgan fingerprint density at radius 1 is 0.850 bits per heavy atom. The van der Waals surface area contributed by atoms with Gasteiger partial charge in [0.15, 0.2) is 0 Å². The summed E-state index contributed by atoms with van der Waals surface area (Å²) in [5.74, 6) is -2.23. The molecule has 0 bridgehead atoms. The quantitative estimate of drug-likeness (QED) is 0.280. The van der Waals surface area contributed by atoms with E-state index < -0.39 is 36.1 Å². The Balaban J connectivity index is 0.000000559. The van der Waals surface area contributed by atoms with Crippen LogP contribution in [-0.2, 0) is 25.7 Å². The molecule has 3 N–H and O–H groups in total. The molecule has 8 heteroatoms. The zero-order chi connectivity index (χ0) is 29.1. The Morgan fingerprint density at radius 2 is 1.38 bits per heavy atom. The predicted molar refractivity (Wildman–Crippen MR) is 152 cm³/mol. The van der Waals surface area contributed by atoms with Crippen molar-refractivity contribution in [3.8, 4) is 11.1 Å². The summed E-state index contributed by atoms with van der Waals surface area (Å²) in [7, 11) is 0. The fourth-order valence-electron chi connectivity index (χ4n) is 4.23. The molecule has 0 aliphatic heterocycles. The third-order valence-electron chi connectivity index (χ3n) is 7.05. The first kappa shape index (κ1) is 30.4. The molecular weight excluding hydrogens is 510 g/mol. The summed E-state index contributed by atoms with van der Waals surface area (Å²) >= 11 is 0. The minimum Gasteiger partial charge on any atom is -0.481 e. The van der Waals surface area contributed by atoms with Gasteiger partial charge in [-0.25, -0.2) is 9.59 Å². The van der Waals surface area contributed by atoms with Crippen LogP contribution in [0, 0.1) is 0 Å². The van der Waals surface area contributed by atoms with Gasteiger partial charge in [0.1, 0.15) is 19.3 Å². The Hall–Kier alpha value is -4.17. The molecule has 0 radical (unpaired) electrons. The number of hydrogen-bond acceptors (Lipinski definition) is 6. The van der Waals surface area contributed by atoms with Gasteiger partial charge in [-0.3, -0.25) is 4.79 Å². The molecule has 1 unspecified atom stereocenters. The van der Waals surface area contributed by atoms with Gasteiger partial charge in [-0.15, -0.1) is 0 Å². The van der Waals surface area contributed by atoms with E-state index in [1.807, 2.05) is 75.4 Å². The van der Waals surface area contributed by atoms with Gasteiger partial charge in [-0.2, -0.15) is 0 Å². The number of carboxylic acids is 1. The van der Waals surface area contributed by atoms with Crippen LogP contribution in [0.5, 0.6) is 0 Å². The number of fused-ring (bicyclic) bond motifs is 3. The number of carbonyl (C=O) groups is 3. The maximum Gasteiger partial charge on any atom is 0.407 e. The monoisotopic (exact) mass is 547 g/mol. The number of aliphatic carboxylic acids is 1. The highest BCUT2D eigenvalue weighted by molar-refractivity contribution is 5.86. The molecule has 40 heavy (non-hydrogen) atoms. The topological polar surface area (TPSA) is 122 Å². The summed E-state index contributed by atoms with van der Waals surface area (Å²) in [4.78, 5) is 36.1. The molecule has 4 rings (SSSR count). The van der Waals surface area contributed by atoms with Crippen molar-refractivity contribution in [3.63, 3.8) is 0 Å². The lowest BCUT2D eigenvalue weighted by molar-refractivity contribution is -0.151. The maximum atomic E-state index is 12.5. The normalized spacial score (nSPS) is 12.7. The van der Waals surface area contributed by atoms with Crippen molar-refractivity contribution < 1.29 is 34.1 Å². The SMILES string of the molecule is CCC(C)(O)CC.O=C(O)CC(NC(=O)OCC1c2ccccc2-c2ccccc21)C(=O)OCc1ccccc1. The molecule has 0 spiro atoms. The largest absolute Gasteiger partial charge is 0.481 e. The highest BCUT2D eigenvalue weighted by atomic mass is 16.6. The van der Waals surface area contributed by atoms with Crippen molar-refractivity contribution in [2.75, 3.05) is 6.61 Å². The molecule has 3 aromatic rings. The fourth-order valence-corrected chi connectivity index (χ4v) is 4.23. The number of carboxylic acid groups (broad SMARTS) is 1. The van der Waals surface area contributed by atoms with Gasteiger partial charge in [0.05, 0.1) is 12.0 Å². The summed E-state index contributed by atoms with van der Waals surface area (Å²) in [5, 5.41) is 20.6. The number of ether oxygens (including phenoxy) is 2. The maximum absolute atomic E-state index is 12.5. The van der Waals surface area contributed by atoms with Crippen LogP contribution in [0.1, 0.15) is 62.6 Å². The van der Waals surface area contributed by atoms with E-state index in [-0.39, 0.29) is 19.1 Å². The first-order chi connectivity index (χ1) is 19.1. The number of nitrogens with one attached hydrogen (secondary N) is 1. The molecule has 1 atom stereocenters. The molecule has 0 saturated heterocycles. The predicted octanol–water partition coefficient (Wildman–Crippen LogP) is 5.67. The van der Waals surface area contributed by atoms with Gasteiger partial charge in [-0.1, -0.05) is 92.7 Å². The summed E-state index contributed by atoms with van der Waals surface area (Å²) in [6, 6.07) is 23.5. The molecule has 1 aliphatic carbocycles. The number of benzene rings is 3. The van der Waals surface area contributed by atoms with E-state index in [0.717, 1.165) is 40.7 Å². The number of aliphatic hydroxyl groups is 1. The first-order valence-electron chi connectivity index (χ1n) is 13.4. The first-order valence-corrected chi connectivity index (χ1v) is 13.4. The van der Waals surface area contributed by atoms with Crippen LogP contribution in [0.15, 0.2) is 78.9 Å². The molecule has 0 fully saturated rings. The molecular formula is C32H37NO7. The molecule has 1 aliphatic rings. The van der Waals surface area contributed by atoms with E-state index in [1.165, 1.54) is 0 Å². The standard InChI is InChI=1S/C26H23NO6.C6H14O/c28-24(29)14-23(25(30)32-15-17-8-2-1-3-9-17)27-26(31)33-16-22-20-12-6-4-10-18(20)19-11-5-7-13-21(19)22;1-4-6(3,7)5-2/h1-13,22-23H,14-16H2,(H,27,31)(H,28,29);7H,4-5H2,1-3H3. The Morgan fingerprint density at radius 3 is 1.88 bits per heavy atom. The molecule has 212 valence electrons. The minimum atomic E-state index is -1.36. The Labute approximate surface area is 235 Å². The number of carbonyl (C=O) groups excluding carboxylic acids is 2. The molecule has 0 saturated carbocycles. The summed E-state index contributed by atoms with van der Waals surface area (Å²) in [5.41, 5.74) is 4.62. The van der Waals surface area contributed by atoms with Crippen molar-refractivity contribution >= 4 is 18.0 Å². The van der Waals surface area contributed by atoms with Gasteiger partial charge in [0, 0.05) is 5.92 Å². The zero-order valence-electron chi connectivity index (χ0n) is 23.1. The van der Waals surface area contributed by atoms with Crippen molar-refractivity contribution in [2.24, 2.45) is 0 Å². The zero-order valence-corrected chi connectivity index (χ0v) is 23.1. The number of esters is 1. The van der Waals surface area contributed by atoms with Gasteiger partial charge in [0.2, 0.25) is 0 Å². The van der Waals surface area contributed by atoms with E-state index >= 15 is 0 Å². The van der Waals surface area contributed by atoms with Crippen molar-refractivity contribution in [2.45, 2.75) is 64.2 Å². The summed E-state index contributed by atoms with van der Waals surface area (Å²) in [6.07, 6.45) is 0.213. The van der Waals surface area contributed by atoms with Crippen LogP contribution < -0.4 is 5.32 Å². The minimum absolute atomic E-state index is 0.0256. The van der Waals surface area contributed by atoms with Gasteiger partial charge < -0.3 is 25.0 Å². The van der Waals surface area contributed by atoms with E-state index in [2.05, 4.69) is 5.32 Å². The van der Waals surface area contributed by atoms with Crippen molar-refractivity contribution in [3.05, 3.63) is 95.6 Å². The second-order valence-corrected chi connectivity index (χ2v) is 9.92. The van der Waals surface area contributed by atoms with Crippen molar-refractivity contribution in [1.29, 1.82) is 0 Å². The summed E-state index contributed by atoms with van der Waals surface area (Å²) in [6.45, 7) is 5.86. The average molecular weight is 548 g/mol. The second-order valence-electron chi connectivity index (χ2n) is 9.92. The number of amides is 1. The number of hydrogen-bond donors (Lipinski definition) is 3. The lowest BCUT2D eigenvalue weighted by atomic mass is 9.98. The van der Waals surface area contributed by atoms with E-state index in [1.54, 1.807) is 24.3 Å². The van der Waals surface area contributed by atoms with Crippen LogP contribution >= 0.6 is 0 Å². The summed E-state index contributed by atoms with van der Waals surface area (Å²) < 4.78 is 10.6. The van der Waals surface area contributed by atoms with Crippen LogP contribution in [0.4, 0.5) is 4.79 Å². The third-order valence-corrected chi connectivity index (χ3v) is 7.05. The van der Waals surface area contributed by atoms with Crippen LogP contribution in [0.25, 0.3) is 11.1 Å². The van der Waals surface area contributed by atoms with E-state index in [4.69, 9.17) is 19.7 Å². The van der Waals surface area contributed by atoms with E-state index in [0.29, 0.717) is 0 Å². The van der Waals surface area contributed by atoms with Crippen molar-refractivity contribution in [1.82, 2.24) is 5.32 Å². The van der Waals surface area contributed by atoms with Gasteiger partial charge in [0.25, 0.3) is 0 Å². The lowest BCUT2D eigenvalue weighted by Gasteiger charge is -2.18. The van der Waals surface area contributed by atoms with Gasteiger partial charge in [-0.05, 0) is 47.6 Å². The van der Waals surface area contributed by atoms with E-state index in [9.17, 15) is 14.4 Å². The molecule has 3 aromatic carbocycles. The smallest absolute Gasteiger partial charge is 0.407 e. The molecule has 0 heterocycles. The average Bonchev–Trinajstić information content (AvgIpc) is 3.28. The lowest BCUT2D eigenvalue weighted by Crippen LogP contribution is -2.43. The molecule has 1 amide bonds. The van der Waals surface area contributed by atoms with Crippen LogP contribution in [0.3, 0.4) is 0 Å².